The normalized spacial score (nSPS) is 12.6. The molecule has 0 spiro atoms. The van der Waals surface area contributed by atoms with Crippen molar-refractivity contribution in [3.63, 3.8) is 0 Å². The second-order valence-corrected chi connectivity index (χ2v) is 7.80. The number of imidazole rings is 1. The number of rotatable bonds is 5. The Morgan fingerprint density at radius 2 is 1.77 bits per heavy atom. The zero-order chi connectivity index (χ0) is 22.3. The lowest BCUT2D eigenvalue weighted by molar-refractivity contribution is -0.141. The molecule has 0 fully saturated rings. The Kier molecular flexibility index (Phi) is 5.89. The van der Waals surface area contributed by atoms with Crippen LogP contribution in [-0.2, 0) is 13.2 Å². The fourth-order valence-electron chi connectivity index (χ4n) is 2.89. The van der Waals surface area contributed by atoms with E-state index in [9.17, 15) is 26.3 Å². The van der Waals surface area contributed by atoms with Crippen LogP contribution in [-0.4, -0.2) is 45.0 Å². The van der Waals surface area contributed by atoms with Gasteiger partial charge in [0.25, 0.3) is 0 Å². The maximum absolute atomic E-state index is 13.0. The summed E-state index contributed by atoms with van der Waals surface area (Å²) < 4.78 is 78.5. The number of aryl methyl sites for hydroxylation is 1. The molecule has 0 atom stereocenters. The summed E-state index contributed by atoms with van der Waals surface area (Å²) in [5.74, 6) is 0.914. The van der Waals surface area contributed by atoms with Crippen LogP contribution in [0.1, 0.15) is 12.6 Å². The number of halogens is 6. The van der Waals surface area contributed by atoms with Gasteiger partial charge in [-0.05, 0) is 17.9 Å². The maximum Gasteiger partial charge on any atom is 0.433 e. The van der Waals surface area contributed by atoms with Crippen molar-refractivity contribution in [1.82, 2.24) is 19.5 Å². The van der Waals surface area contributed by atoms with E-state index in [1.165, 1.54) is 25.0 Å². The predicted molar refractivity (Wildman–Crippen MR) is 102 cm³/mol. The van der Waals surface area contributed by atoms with Gasteiger partial charge in [0.1, 0.15) is 17.9 Å². The minimum Gasteiger partial charge on any atom is -0.364 e. The summed E-state index contributed by atoms with van der Waals surface area (Å²) in [6, 6.07) is 2.43. The molecule has 0 bridgehead atoms. The first-order chi connectivity index (χ1) is 13.9. The maximum atomic E-state index is 13.0. The molecule has 0 aliphatic rings. The van der Waals surface area contributed by atoms with Crippen molar-refractivity contribution in [2.45, 2.75) is 24.2 Å². The second-order valence-electron chi connectivity index (χ2n) is 6.49. The molecule has 3 aromatic rings. The van der Waals surface area contributed by atoms with E-state index in [0.717, 1.165) is 17.2 Å². The Hall–Kier alpha value is -2.50. The summed E-state index contributed by atoms with van der Waals surface area (Å²) in [6.45, 7) is 0.734. The Morgan fingerprint density at radius 1 is 1.07 bits per heavy atom. The quantitative estimate of drug-likeness (QED) is 0.398. The van der Waals surface area contributed by atoms with Crippen LogP contribution in [0.2, 0.25) is 0 Å². The van der Waals surface area contributed by atoms with Gasteiger partial charge >= 0.3 is 12.4 Å². The minimum absolute atomic E-state index is 0.0994. The van der Waals surface area contributed by atoms with Gasteiger partial charge in [0, 0.05) is 19.0 Å². The Morgan fingerprint density at radius 3 is 2.37 bits per heavy atom. The molecule has 5 nitrogen and oxygen atoms in total. The van der Waals surface area contributed by atoms with Crippen LogP contribution in [0.4, 0.5) is 32.0 Å². The van der Waals surface area contributed by atoms with E-state index in [-0.39, 0.29) is 11.2 Å². The predicted octanol–water partition coefficient (Wildman–Crippen LogP) is 5.16. The first-order valence-electron chi connectivity index (χ1n) is 8.71. The van der Waals surface area contributed by atoms with Gasteiger partial charge in [0.05, 0.1) is 29.1 Å². The van der Waals surface area contributed by atoms with E-state index >= 15 is 0 Å². The highest BCUT2D eigenvalue weighted by Crippen LogP contribution is 2.35. The standard InChI is InChI=1S/C18H17F6N5S/c1-4-30-13-5-10(28(2)9-17(19,20)21)7-26-15(13)16-27-11-6-14(18(22,23)24)25-8-12(11)29(16)3/h5-8H,4,9H2,1-3H3. The van der Waals surface area contributed by atoms with Crippen molar-refractivity contribution in [3.05, 3.63) is 30.2 Å². The summed E-state index contributed by atoms with van der Waals surface area (Å²) in [7, 11) is 2.93. The highest BCUT2D eigenvalue weighted by atomic mass is 32.2. The van der Waals surface area contributed by atoms with Crippen LogP contribution in [0.15, 0.2) is 29.4 Å². The number of anilines is 1. The van der Waals surface area contributed by atoms with E-state index in [0.29, 0.717) is 27.7 Å². The molecule has 0 aromatic carbocycles. The first-order valence-corrected chi connectivity index (χ1v) is 9.70. The van der Waals surface area contributed by atoms with Gasteiger partial charge < -0.3 is 9.47 Å². The van der Waals surface area contributed by atoms with E-state index in [1.54, 1.807) is 17.7 Å². The van der Waals surface area contributed by atoms with Crippen LogP contribution in [0.25, 0.3) is 22.6 Å². The van der Waals surface area contributed by atoms with Gasteiger partial charge in [-0.2, -0.15) is 26.3 Å². The summed E-state index contributed by atoms with van der Waals surface area (Å²) in [4.78, 5) is 13.6. The Balaban J connectivity index is 2.08. The zero-order valence-electron chi connectivity index (χ0n) is 16.1. The summed E-state index contributed by atoms with van der Waals surface area (Å²) in [5, 5.41) is 0. The summed E-state index contributed by atoms with van der Waals surface area (Å²) >= 11 is 1.35. The molecule has 0 saturated heterocycles. The molecule has 3 heterocycles. The number of thioether (sulfide) groups is 1. The van der Waals surface area contributed by atoms with Crippen LogP contribution >= 0.6 is 11.8 Å². The van der Waals surface area contributed by atoms with E-state index in [2.05, 4.69) is 15.0 Å². The molecule has 30 heavy (non-hydrogen) atoms. The van der Waals surface area contributed by atoms with Crippen molar-refractivity contribution in [3.8, 4) is 11.5 Å². The van der Waals surface area contributed by atoms with Crippen LogP contribution in [0.5, 0.6) is 0 Å². The molecule has 0 N–H and O–H groups in total. The number of nitrogens with zero attached hydrogens (tertiary/aromatic N) is 5. The lowest BCUT2D eigenvalue weighted by Gasteiger charge is -2.21. The van der Waals surface area contributed by atoms with Crippen LogP contribution < -0.4 is 4.90 Å². The first kappa shape index (κ1) is 22.2. The van der Waals surface area contributed by atoms with Gasteiger partial charge in [-0.3, -0.25) is 0 Å². The molecule has 12 heteroatoms. The Bertz CT molecular complexity index is 1060. The topological polar surface area (TPSA) is 46.8 Å². The van der Waals surface area contributed by atoms with Gasteiger partial charge in [0.2, 0.25) is 0 Å². The number of pyridine rings is 2. The average Bonchev–Trinajstić information content (AvgIpc) is 2.96. The zero-order valence-corrected chi connectivity index (χ0v) is 17.0. The molecule has 0 saturated carbocycles. The third kappa shape index (κ3) is 4.63. The third-order valence-electron chi connectivity index (χ3n) is 4.26. The largest absolute Gasteiger partial charge is 0.433 e. The van der Waals surface area contributed by atoms with E-state index in [4.69, 9.17) is 0 Å². The molecule has 3 rings (SSSR count). The third-order valence-corrected chi connectivity index (χ3v) is 5.18. The Labute approximate surface area is 172 Å². The SMILES string of the molecule is CCSc1cc(N(C)CC(F)(F)F)cnc1-c1nc2cc(C(F)(F)F)ncc2n1C. The van der Waals surface area contributed by atoms with Gasteiger partial charge in [-0.1, -0.05) is 6.92 Å². The van der Waals surface area contributed by atoms with Crippen molar-refractivity contribution >= 4 is 28.5 Å². The molecule has 0 amide bonds. The van der Waals surface area contributed by atoms with Crippen LogP contribution in [0.3, 0.4) is 0 Å². The molecule has 0 unspecified atom stereocenters. The number of aromatic nitrogens is 4. The van der Waals surface area contributed by atoms with E-state index < -0.39 is 24.6 Å². The number of hydrogen-bond donors (Lipinski definition) is 0. The van der Waals surface area contributed by atoms with Gasteiger partial charge in [0.15, 0.2) is 5.82 Å². The highest BCUT2D eigenvalue weighted by Gasteiger charge is 2.33. The summed E-state index contributed by atoms with van der Waals surface area (Å²) in [6.07, 6.45) is -6.59. The molecular weight excluding hydrogens is 432 g/mol. The van der Waals surface area contributed by atoms with Gasteiger partial charge in [-0.25, -0.2) is 15.0 Å². The molecular formula is C18H17F6N5S. The smallest absolute Gasteiger partial charge is 0.364 e. The number of alkyl halides is 6. The highest BCUT2D eigenvalue weighted by molar-refractivity contribution is 7.99. The van der Waals surface area contributed by atoms with Crippen molar-refractivity contribution < 1.29 is 26.3 Å². The minimum atomic E-state index is -4.60. The van der Waals surface area contributed by atoms with Crippen LogP contribution in [0, 0.1) is 0 Å². The van der Waals surface area contributed by atoms with Crippen molar-refractivity contribution in [2.75, 3.05) is 24.2 Å². The number of hydrogen-bond acceptors (Lipinski definition) is 5. The average molecular weight is 449 g/mol. The van der Waals surface area contributed by atoms with Crippen molar-refractivity contribution in [2.24, 2.45) is 7.05 Å². The fraction of sp³-hybridized carbons (Fsp3) is 0.389. The summed E-state index contributed by atoms with van der Waals surface area (Å²) in [5.41, 5.74) is 0.0674. The lowest BCUT2D eigenvalue weighted by atomic mass is 10.3. The van der Waals surface area contributed by atoms with E-state index in [1.807, 2.05) is 6.92 Å². The lowest BCUT2D eigenvalue weighted by Crippen LogP contribution is -2.30. The fourth-order valence-corrected chi connectivity index (χ4v) is 3.69. The molecule has 0 aliphatic heterocycles. The van der Waals surface area contributed by atoms with Gasteiger partial charge in [-0.15, -0.1) is 11.8 Å². The molecule has 162 valence electrons. The monoisotopic (exact) mass is 449 g/mol. The second kappa shape index (κ2) is 7.97. The molecule has 0 radical (unpaired) electrons. The molecule has 0 aliphatic carbocycles. The molecule has 3 aromatic heterocycles. The number of fused-ring (bicyclic) bond motifs is 1. The van der Waals surface area contributed by atoms with Crippen molar-refractivity contribution in [1.29, 1.82) is 0 Å².